The molecule has 4 aliphatic rings. The molecule has 0 amide bonds. The van der Waals surface area contributed by atoms with Crippen LogP contribution in [0.1, 0.15) is 52.4 Å². The van der Waals surface area contributed by atoms with Crippen LogP contribution in [-0.2, 0) is 4.74 Å². The van der Waals surface area contributed by atoms with Gasteiger partial charge < -0.3 is 10.5 Å². The Hall–Kier alpha value is -0.0800. The molecule has 4 fully saturated rings. The second-order valence-corrected chi connectivity index (χ2v) is 7.19. The zero-order valence-corrected chi connectivity index (χ0v) is 11.3. The molecule has 4 saturated carbocycles. The normalized spacial score (nSPS) is 45.5. The van der Waals surface area contributed by atoms with Crippen molar-refractivity contribution >= 4 is 0 Å². The Kier molecular flexibility index (Phi) is 2.99. The smallest absolute Gasteiger partial charge is 0.0757 e. The fourth-order valence-corrected chi connectivity index (χ4v) is 5.35. The Morgan fingerprint density at radius 3 is 1.88 bits per heavy atom. The minimum absolute atomic E-state index is 0.316. The average Bonchev–Trinajstić information content (AvgIpc) is 2.23. The van der Waals surface area contributed by atoms with E-state index in [0.29, 0.717) is 24.2 Å². The van der Waals surface area contributed by atoms with E-state index < -0.39 is 0 Å². The van der Waals surface area contributed by atoms with Crippen LogP contribution in [0.2, 0.25) is 0 Å². The van der Waals surface area contributed by atoms with Crippen LogP contribution >= 0.6 is 0 Å². The molecule has 0 heterocycles. The van der Waals surface area contributed by atoms with Crippen molar-refractivity contribution < 1.29 is 4.74 Å². The van der Waals surface area contributed by atoms with Crippen molar-refractivity contribution in [2.75, 3.05) is 6.54 Å². The van der Waals surface area contributed by atoms with Gasteiger partial charge in [-0.1, -0.05) is 0 Å². The highest BCUT2D eigenvalue weighted by molar-refractivity contribution is 5.05. The summed E-state index contributed by atoms with van der Waals surface area (Å²) in [7, 11) is 0. The zero-order valence-electron chi connectivity index (χ0n) is 11.3. The summed E-state index contributed by atoms with van der Waals surface area (Å²) in [6.07, 6.45) is 9.32. The van der Waals surface area contributed by atoms with Crippen molar-refractivity contribution in [2.24, 2.45) is 28.9 Å². The molecule has 0 saturated heterocycles. The molecule has 1 atom stereocenters. The number of ether oxygens (including phenoxy) is 1. The predicted molar refractivity (Wildman–Crippen MR) is 69.7 cm³/mol. The fraction of sp³-hybridized carbons (Fsp3) is 1.00. The number of hydrogen-bond donors (Lipinski definition) is 1. The van der Waals surface area contributed by atoms with Crippen molar-refractivity contribution in [1.82, 2.24) is 0 Å². The maximum Gasteiger partial charge on any atom is 0.0757 e. The molecule has 2 N–H and O–H groups in total. The van der Waals surface area contributed by atoms with Gasteiger partial charge in [0.25, 0.3) is 0 Å². The molecule has 0 aromatic carbocycles. The van der Waals surface area contributed by atoms with Crippen LogP contribution in [0, 0.1) is 23.2 Å². The molecule has 0 spiro atoms. The first-order valence-corrected chi connectivity index (χ1v) is 7.47. The minimum atomic E-state index is 0.316. The zero-order chi connectivity index (χ0) is 12.0. The lowest BCUT2D eigenvalue weighted by Gasteiger charge is -2.59. The van der Waals surface area contributed by atoms with Gasteiger partial charge in [-0.2, -0.15) is 0 Å². The molecule has 0 radical (unpaired) electrons. The van der Waals surface area contributed by atoms with E-state index in [2.05, 4.69) is 13.8 Å². The SMILES string of the molecule is CC(C)OC(CN)C12CC3CC(CC(C3)C1)C2. The second-order valence-electron chi connectivity index (χ2n) is 7.19. The van der Waals surface area contributed by atoms with Crippen LogP contribution < -0.4 is 5.73 Å². The van der Waals surface area contributed by atoms with Gasteiger partial charge in [-0.15, -0.1) is 0 Å². The standard InChI is InChI=1S/C15H27NO/c1-10(2)17-14(9-16)15-6-11-3-12(7-15)5-13(4-11)8-15/h10-14H,3-9,16H2,1-2H3. The fourth-order valence-electron chi connectivity index (χ4n) is 5.35. The van der Waals surface area contributed by atoms with Gasteiger partial charge >= 0.3 is 0 Å². The summed E-state index contributed by atoms with van der Waals surface area (Å²) >= 11 is 0. The Morgan fingerprint density at radius 1 is 1.06 bits per heavy atom. The number of rotatable bonds is 4. The molecule has 17 heavy (non-hydrogen) atoms. The summed E-state index contributed by atoms with van der Waals surface area (Å²) in [4.78, 5) is 0. The van der Waals surface area contributed by atoms with Gasteiger partial charge in [0.05, 0.1) is 12.2 Å². The summed E-state index contributed by atoms with van der Waals surface area (Å²) in [6, 6.07) is 0. The molecule has 4 bridgehead atoms. The van der Waals surface area contributed by atoms with Gasteiger partial charge in [0.2, 0.25) is 0 Å². The van der Waals surface area contributed by atoms with Gasteiger partial charge in [0.15, 0.2) is 0 Å². The van der Waals surface area contributed by atoms with Gasteiger partial charge in [-0.05, 0) is 75.5 Å². The predicted octanol–water partition coefficient (Wildman–Crippen LogP) is 2.96. The average molecular weight is 237 g/mol. The highest BCUT2D eigenvalue weighted by Crippen LogP contribution is 2.61. The topological polar surface area (TPSA) is 35.2 Å². The number of hydrogen-bond acceptors (Lipinski definition) is 2. The van der Waals surface area contributed by atoms with Gasteiger partial charge in [-0.3, -0.25) is 0 Å². The van der Waals surface area contributed by atoms with E-state index in [-0.39, 0.29) is 0 Å². The van der Waals surface area contributed by atoms with Crippen molar-refractivity contribution in [1.29, 1.82) is 0 Å². The lowest BCUT2D eigenvalue weighted by molar-refractivity contribution is -0.151. The molecular formula is C15H27NO. The lowest BCUT2D eigenvalue weighted by Crippen LogP contribution is -2.54. The first-order chi connectivity index (χ1) is 8.11. The highest BCUT2D eigenvalue weighted by atomic mass is 16.5. The van der Waals surface area contributed by atoms with Gasteiger partial charge in [0.1, 0.15) is 0 Å². The quantitative estimate of drug-likeness (QED) is 0.816. The van der Waals surface area contributed by atoms with Crippen molar-refractivity contribution in [3.05, 3.63) is 0 Å². The molecule has 2 heteroatoms. The van der Waals surface area contributed by atoms with Crippen LogP contribution in [0.25, 0.3) is 0 Å². The maximum absolute atomic E-state index is 6.16. The van der Waals surface area contributed by atoms with Crippen LogP contribution in [0.15, 0.2) is 0 Å². The third-order valence-electron chi connectivity index (χ3n) is 5.42. The lowest BCUT2D eigenvalue weighted by atomic mass is 9.48. The van der Waals surface area contributed by atoms with Gasteiger partial charge in [0, 0.05) is 6.54 Å². The molecule has 4 aliphatic carbocycles. The van der Waals surface area contributed by atoms with E-state index >= 15 is 0 Å². The molecule has 0 aromatic heterocycles. The summed E-state index contributed by atoms with van der Waals surface area (Å²) in [5.41, 5.74) is 6.47. The van der Waals surface area contributed by atoms with Crippen LogP contribution in [0.3, 0.4) is 0 Å². The van der Waals surface area contributed by atoms with Crippen LogP contribution in [0.4, 0.5) is 0 Å². The Labute approximate surface area is 105 Å². The van der Waals surface area contributed by atoms with Crippen LogP contribution in [-0.4, -0.2) is 18.8 Å². The van der Waals surface area contributed by atoms with Gasteiger partial charge in [-0.25, -0.2) is 0 Å². The van der Waals surface area contributed by atoms with E-state index in [4.69, 9.17) is 10.5 Å². The molecule has 0 aliphatic heterocycles. The number of nitrogens with two attached hydrogens (primary N) is 1. The first-order valence-electron chi connectivity index (χ1n) is 7.47. The van der Waals surface area contributed by atoms with Crippen molar-refractivity contribution in [3.8, 4) is 0 Å². The molecule has 1 unspecified atom stereocenters. The summed E-state index contributed by atoms with van der Waals surface area (Å²) in [6.45, 7) is 5.00. The monoisotopic (exact) mass is 237 g/mol. The molecule has 4 rings (SSSR count). The Bertz CT molecular complexity index is 251. The minimum Gasteiger partial charge on any atom is -0.374 e. The highest BCUT2D eigenvalue weighted by Gasteiger charge is 2.54. The third kappa shape index (κ3) is 2.04. The Morgan fingerprint density at radius 2 is 1.53 bits per heavy atom. The molecule has 2 nitrogen and oxygen atoms in total. The maximum atomic E-state index is 6.16. The Balaban J connectivity index is 1.80. The third-order valence-corrected chi connectivity index (χ3v) is 5.42. The second kappa shape index (κ2) is 4.24. The van der Waals surface area contributed by atoms with Crippen LogP contribution in [0.5, 0.6) is 0 Å². The van der Waals surface area contributed by atoms with E-state index in [0.717, 1.165) is 17.8 Å². The summed E-state index contributed by atoms with van der Waals surface area (Å²) < 4.78 is 6.16. The van der Waals surface area contributed by atoms with Crippen molar-refractivity contribution in [2.45, 2.75) is 64.6 Å². The molecular weight excluding hydrogens is 210 g/mol. The summed E-state index contributed by atoms with van der Waals surface area (Å²) in [5.74, 6) is 2.98. The van der Waals surface area contributed by atoms with Crippen molar-refractivity contribution in [3.63, 3.8) is 0 Å². The van der Waals surface area contributed by atoms with E-state index in [9.17, 15) is 0 Å². The summed E-state index contributed by atoms with van der Waals surface area (Å²) in [5, 5.41) is 0. The van der Waals surface area contributed by atoms with E-state index in [1.807, 2.05) is 0 Å². The van der Waals surface area contributed by atoms with E-state index in [1.165, 1.54) is 38.5 Å². The molecule has 98 valence electrons. The molecule has 0 aromatic rings. The largest absolute Gasteiger partial charge is 0.374 e. The first kappa shape index (κ1) is 12.0. The van der Waals surface area contributed by atoms with E-state index in [1.54, 1.807) is 0 Å².